The van der Waals surface area contributed by atoms with E-state index in [1.165, 1.54) is 0 Å². The highest BCUT2D eigenvalue weighted by Crippen LogP contribution is 2.07. The number of aliphatic hydroxyl groups is 1. The summed E-state index contributed by atoms with van der Waals surface area (Å²) >= 11 is 1.70. The zero-order chi connectivity index (χ0) is 13.3. The summed E-state index contributed by atoms with van der Waals surface area (Å²) in [7, 11) is 0. The molecule has 2 atom stereocenters. The first-order valence-corrected chi connectivity index (χ1v) is 6.70. The Kier molecular flexibility index (Phi) is 8.61. The fraction of sp³-hybridized carbons (Fsp3) is 0.800. The van der Waals surface area contributed by atoms with E-state index in [-0.39, 0.29) is 13.0 Å². The minimum Gasteiger partial charge on any atom is -0.480 e. The number of carboxylic acid groups (broad SMARTS) is 1. The highest BCUT2D eigenvalue weighted by Gasteiger charge is 2.18. The van der Waals surface area contributed by atoms with Gasteiger partial charge >= 0.3 is 12.0 Å². The van der Waals surface area contributed by atoms with Crippen molar-refractivity contribution in [1.82, 2.24) is 10.6 Å². The average molecular weight is 264 g/mol. The lowest BCUT2D eigenvalue weighted by Crippen LogP contribution is -2.46. The van der Waals surface area contributed by atoms with Crippen LogP contribution in [0.5, 0.6) is 0 Å². The van der Waals surface area contributed by atoms with Crippen LogP contribution in [0.4, 0.5) is 4.79 Å². The van der Waals surface area contributed by atoms with E-state index >= 15 is 0 Å². The number of hydrogen-bond acceptors (Lipinski definition) is 4. The van der Waals surface area contributed by atoms with Gasteiger partial charge in [-0.1, -0.05) is 6.92 Å². The SMILES string of the molecule is CSC(C)CCNC(=O)N[C@@H](CCO)C(=O)O. The Hall–Kier alpha value is -0.950. The van der Waals surface area contributed by atoms with Gasteiger partial charge in [0.05, 0.1) is 0 Å². The topological polar surface area (TPSA) is 98.7 Å². The number of aliphatic hydroxyl groups excluding tert-OH is 1. The minimum absolute atomic E-state index is 0.00394. The Labute approximate surface area is 105 Å². The maximum absolute atomic E-state index is 11.3. The third-order valence-electron chi connectivity index (χ3n) is 2.26. The summed E-state index contributed by atoms with van der Waals surface area (Å²) < 4.78 is 0. The molecular weight excluding hydrogens is 244 g/mol. The van der Waals surface area contributed by atoms with Crippen LogP contribution in [0, 0.1) is 0 Å². The number of nitrogens with one attached hydrogen (secondary N) is 2. The molecule has 0 radical (unpaired) electrons. The smallest absolute Gasteiger partial charge is 0.326 e. The molecule has 0 aromatic carbocycles. The summed E-state index contributed by atoms with van der Waals surface area (Å²) in [5.41, 5.74) is 0. The molecule has 7 heteroatoms. The molecule has 0 aliphatic heterocycles. The largest absolute Gasteiger partial charge is 0.480 e. The number of thioether (sulfide) groups is 1. The van der Waals surface area contributed by atoms with Gasteiger partial charge in [-0.05, 0) is 12.7 Å². The normalized spacial score (nSPS) is 13.8. The molecule has 0 spiro atoms. The second kappa shape index (κ2) is 9.12. The Bertz CT molecular complexity index is 250. The molecule has 4 N–H and O–H groups in total. The molecule has 2 amide bonds. The molecule has 100 valence electrons. The van der Waals surface area contributed by atoms with Gasteiger partial charge < -0.3 is 20.8 Å². The van der Waals surface area contributed by atoms with Gasteiger partial charge in [0.2, 0.25) is 0 Å². The molecule has 0 heterocycles. The van der Waals surface area contributed by atoms with Crippen LogP contribution in [0.15, 0.2) is 0 Å². The molecule has 0 aromatic rings. The maximum Gasteiger partial charge on any atom is 0.326 e. The number of carbonyl (C=O) groups excluding carboxylic acids is 1. The third kappa shape index (κ3) is 7.87. The van der Waals surface area contributed by atoms with E-state index in [9.17, 15) is 9.59 Å². The van der Waals surface area contributed by atoms with Crippen molar-refractivity contribution in [2.24, 2.45) is 0 Å². The van der Waals surface area contributed by atoms with Gasteiger partial charge in [0.1, 0.15) is 6.04 Å². The van der Waals surface area contributed by atoms with Crippen molar-refractivity contribution >= 4 is 23.8 Å². The average Bonchev–Trinajstić information content (AvgIpc) is 2.28. The van der Waals surface area contributed by atoms with Crippen molar-refractivity contribution in [1.29, 1.82) is 0 Å². The predicted octanol–water partition coefficient (Wildman–Crippen LogP) is 0.263. The van der Waals surface area contributed by atoms with Gasteiger partial charge in [0, 0.05) is 24.8 Å². The van der Waals surface area contributed by atoms with Crippen molar-refractivity contribution < 1.29 is 19.8 Å². The fourth-order valence-corrected chi connectivity index (χ4v) is 1.46. The van der Waals surface area contributed by atoms with Crippen LogP contribution >= 0.6 is 11.8 Å². The quantitative estimate of drug-likeness (QED) is 0.504. The minimum atomic E-state index is -1.15. The summed E-state index contributed by atoms with van der Waals surface area (Å²) in [6.45, 7) is 2.27. The van der Waals surface area contributed by atoms with Crippen molar-refractivity contribution in [3.8, 4) is 0 Å². The van der Waals surface area contributed by atoms with E-state index in [1.807, 2.05) is 6.26 Å². The molecule has 0 fully saturated rings. The molecule has 0 aliphatic rings. The van der Waals surface area contributed by atoms with Crippen LogP contribution < -0.4 is 10.6 Å². The van der Waals surface area contributed by atoms with E-state index in [0.717, 1.165) is 6.42 Å². The summed E-state index contributed by atoms with van der Waals surface area (Å²) in [6.07, 6.45) is 2.82. The van der Waals surface area contributed by atoms with Crippen molar-refractivity contribution in [2.45, 2.75) is 31.1 Å². The van der Waals surface area contributed by atoms with E-state index in [1.54, 1.807) is 11.8 Å². The molecule has 17 heavy (non-hydrogen) atoms. The Morgan fingerprint density at radius 1 is 1.35 bits per heavy atom. The lowest BCUT2D eigenvalue weighted by Gasteiger charge is -2.14. The van der Waals surface area contributed by atoms with Gasteiger partial charge in [-0.15, -0.1) is 0 Å². The summed E-state index contributed by atoms with van der Waals surface area (Å²) in [6, 6.07) is -1.56. The lowest BCUT2D eigenvalue weighted by atomic mass is 10.2. The van der Waals surface area contributed by atoms with Gasteiger partial charge in [-0.3, -0.25) is 0 Å². The summed E-state index contributed by atoms with van der Waals surface area (Å²) in [4.78, 5) is 22.0. The monoisotopic (exact) mass is 264 g/mol. The van der Waals surface area contributed by atoms with E-state index in [0.29, 0.717) is 11.8 Å². The summed E-state index contributed by atoms with van der Waals surface area (Å²) in [5.74, 6) is -1.15. The number of urea groups is 1. The lowest BCUT2D eigenvalue weighted by molar-refractivity contribution is -0.139. The van der Waals surface area contributed by atoms with Crippen LogP contribution in [0.1, 0.15) is 19.8 Å². The van der Waals surface area contributed by atoms with Gasteiger partial charge in [-0.2, -0.15) is 11.8 Å². The molecule has 0 rings (SSSR count). The first-order chi connectivity index (χ1) is 8.01. The Balaban J connectivity index is 3.86. The molecule has 1 unspecified atom stereocenters. The fourth-order valence-electron chi connectivity index (χ4n) is 1.10. The summed E-state index contributed by atoms with van der Waals surface area (Å²) in [5, 5.41) is 22.7. The first kappa shape index (κ1) is 16.1. The van der Waals surface area contributed by atoms with E-state index < -0.39 is 18.0 Å². The van der Waals surface area contributed by atoms with Crippen LogP contribution in [-0.2, 0) is 4.79 Å². The van der Waals surface area contributed by atoms with E-state index in [4.69, 9.17) is 10.2 Å². The van der Waals surface area contributed by atoms with Gasteiger partial charge in [0.15, 0.2) is 0 Å². The van der Waals surface area contributed by atoms with Crippen molar-refractivity contribution in [3.05, 3.63) is 0 Å². The molecule has 0 saturated heterocycles. The van der Waals surface area contributed by atoms with Gasteiger partial charge in [0.25, 0.3) is 0 Å². The number of rotatable bonds is 8. The second-order valence-electron chi connectivity index (χ2n) is 3.64. The molecule has 0 aliphatic carbocycles. The first-order valence-electron chi connectivity index (χ1n) is 5.42. The number of carbonyl (C=O) groups is 2. The van der Waals surface area contributed by atoms with Crippen LogP contribution in [0.2, 0.25) is 0 Å². The second-order valence-corrected chi connectivity index (χ2v) is 4.91. The van der Waals surface area contributed by atoms with Crippen molar-refractivity contribution in [3.63, 3.8) is 0 Å². The van der Waals surface area contributed by atoms with Crippen LogP contribution in [0.25, 0.3) is 0 Å². The molecular formula is C10H20N2O4S. The van der Waals surface area contributed by atoms with E-state index in [2.05, 4.69) is 17.6 Å². The zero-order valence-corrected chi connectivity index (χ0v) is 10.9. The highest BCUT2D eigenvalue weighted by atomic mass is 32.2. The van der Waals surface area contributed by atoms with Crippen LogP contribution in [0.3, 0.4) is 0 Å². The van der Waals surface area contributed by atoms with Crippen LogP contribution in [-0.4, -0.2) is 52.9 Å². The highest BCUT2D eigenvalue weighted by molar-refractivity contribution is 7.99. The number of carboxylic acids is 1. The standard InChI is InChI=1S/C10H20N2O4S/c1-7(17-2)3-5-11-10(16)12-8(4-6-13)9(14)15/h7-8,13H,3-6H2,1-2H3,(H,14,15)(H2,11,12,16)/t7?,8-/m0/s1. The number of hydrogen-bond donors (Lipinski definition) is 4. The molecule has 0 saturated carbocycles. The number of amides is 2. The maximum atomic E-state index is 11.3. The van der Waals surface area contributed by atoms with Gasteiger partial charge in [-0.25, -0.2) is 9.59 Å². The molecule has 0 aromatic heterocycles. The third-order valence-corrected chi connectivity index (χ3v) is 3.30. The predicted molar refractivity (Wildman–Crippen MR) is 67.3 cm³/mol. The zero-order valence-electron chi connectivity index (χ0n) is 10.1. The van der Waals surface area contributed by atoms with Crippen molar-refractivity contribution in [2.75, 3.05) is 19.4 Å². The molecule has 0 bridgehead atoms. The Morgan fingerprint density at radius 2 is 2.00 bits per heavy atom. The molecule has 6 nitrogen and oxygen atoms in total. The number of aliphatic carboxylic acids is 1. The Morgan fingerprint density at radius 3 is 2.47 bits per heavy atom.